The summed E-state index contributed by atoms with van der Waals surface area (Å²) in [5, 5.41) is 3.17. The second-order valence-electron chi connectivity index (χ2n) is 6.01. The van der Waals surface area contributed by atoms with E-state index in [4.69, 9.17) is 11.6 Å². The van der Waals surface area contributed by atoms with Crippen LogP contribution in [0.2, 0.25) is 5.02 Å². The Hall–Kier alpha value is -2.33. The summed E-state index contributed by atoms with van der Waals surface area (Å²) in [5.74, 6) is -0.325. The third-order valence-corrected chi connectivity index (χ3v) is 4.68. The van der Waals surface area contributed by atoms with Crippen LogP contribution < -0.4 is 5.32 Å². The van der Waals surface area contributed by atoms with Crippen LogP contribution in [0.1, 0.15) is 23.6 Å². The zero-order valence-corrected chi connectivity index (χ0v) is 15.5. The molecule has 0 spiro atoms. The van der Waals surface area contributed by atoms with Crippen LogP contribution >= 0.6 is 11.6 Å². The van der Waals surface area contributed by atoms with Crippen molar-refractivity contribution in [3.8, 4) is 0 Å². The minimum atomic E-state index is -0.570. The lowest BCUT2D eigenvalue weighted by Crippen LogP contribution is -2.47. The van der Waals surface area contributed by atoms with Gasteiger partial charge in [-0.2, -0.15) is 0 Å². The SMILES string of the molecule is CNC(=O)C(C)N(Cc1ccccc1C)C(=O)Cc1ccccc1Cl. The molecule has 2 aromatic rings. The Morgan fingerprint density at radius 1 is 1.08 bits per heavy atom. The minimum absolute atomic E-state index is 0.132. The molecule has 5 heteroatoms. The quantitative estimate of drug-likeness (QED) is 0.860. The van der Waals surface area contributed by atoms with Crippen molar-refractivity contribution >= 4 is 23.4 Å². The Morgan fingerprint density at radius 2 is 1.68 bits per heavy atom. The highest BCUT2D eigenvalue weighted by Gasteiger charge is 2.26. The van der Waals surface area contributed by atoms with Gasteiger partial charge < -0.3 is 10.2 Å². The smallest absolute Gasteiger partial charge is 0.242 e. The number of nitrogens with one attached hydrogen (secondary N) is 1. The van der Waals surface area contributed by atoms with Gasteiger partial charge in [-0.15, -0.1) is 0 Å². The molecule has 1 atom stereocenters. The third kappa shape index (κ3) is 4.83. The van der Waals surface area contributed by atoms with Crippen LogP contribution in [0, 0.1) is 6.92 Å². The van der Waals surface area contributed by atoms with E-state index in [-0.39, 0.29) is 18.2 Å². The van der Waals surface area contributed by atoms with Gasteiger partial charge in [0, 0.05) is 18.6 Å². The number of hydrogen-bond donors (Lipinski definition) is 1. The number of nitrogens with zero attached hydrogens (tertiary/aromatic N) is 1. The lowest BCUT2D eigenvalue weighted by molar-refractivity contribution is -0.139. The summed E-state index contributed by atoms with van der Waals surface area (Å²) < 4.78 is 0. The molecular formula is C20H23ClN2O2. The van der Waals surface area contributed by atoms with E-state index in [2.05, 4.69) is 5.32 Å². The van der Waals surface area contributed by atoms with Crippen LogP contribution in [0.15, 0.2) is 48.5 Å². The Morgan fingerprint density at radius 3 is 2.28 bits per heavy atom. The van der Waals surface area contributed by atoms with Gasteiger partial charge in [0.25, 0.3) is 0 Å². The molecule has 0 radical (unpaired) electrons. The van der Waals surface area contributed by atoms with Crippen molar-refractivity contribution in [3.63, 3.8) is 0 Å². The number of benzene rings is 2. The Bertz CT molecular complexity index is 761. The molecule has 0 fully saturated rings. The first kappa shape index (κ1) is 19.0. The lowest BCUT2D eigenvalue weighted by Gasteiger charge is -2.29. The van der Waals surface area contributed by atoms with Crippen LogP contribution in [0.25, 0.3) is 0 Å². The average Bonchev–Trinajstić information content (AvgIpc) is 2.61. The largest absolute Gasteiger partial charge is 0.357 e. The highest BCUT2D eigenvalue weighted by molar-refractivity contribution is 6.31. The molecule has 2 rings (SSSR count). The lowest BCUT2D eigenvalue weighted by atomic mass is 10.1. The molecule has 25 heavy (non-hydrogen) atoms. The molecule has 0 aliphatic rings. The molecule has 0 bridgehead atoms. The summed E-state index contributed by atoms with van der Waals surface area (Å²) in [6.07, 6.45) is 0.160. The number of hydrogen-bond acceptors (Lipinski definition) is 2. The predicted octanol–water partition coefficient (Wildman–Crippen LogP) is 3.35. The zero-order valence-electron chi connectivity index (χ0n) is 14.8. The Balaban J connectivity index is 2.27. The van der Waals surface area contributed by atoms with E-state index < -0.39 is 6.04 Å². The molecule has 0 aromatic heterocycles. The first-order valence-corrected chi connectivity index (χ1v) is 8.60. The van der Waals surface area contributed by atoms with Crippen molar-refractivity contribution in [2.45, 2.75) is 32.9 Å². The summed E-state index contributed by atoms with van der Waals surface area (Å²) in [5.41, 5.74) is 2.86. The molecular weight excluding hydrogens is 336 g/mol. The molecule has 4 nitrogen and oxygen atoms in total. The number of halogens is 1. The van der Waals surface area contributed by atoms with Gasteiger partial charge in [0.2, 0.25) is 11.8 Å². The van der Waals surface area contributed by atoms with Crippen LogP contribution in [0.4, 0.5) is 0 Å². The van der Waals surface area contributed by atoms with Gasteiger partial charge in [0.05, 0.1) is 6.42 Å². The molecule has 2 amide bonds. The molecule has 1 N–H and O–H groups in total. The van der Waals surface area contributed by atoms with Crippen molar-refractivity contribution in [1.29, 1.82) is 0 Å². The van der Waals surface area contributed by atoms with E-state index in [1.807, 2.05) is 49.4 Å². The summed E-state index contributed by atoms with van der Waals surface area (Å²) >= 11 is 6.18. The van der Waals surface area contributed by atoms with Gasteiger partial charge in [0.1, 0.15) is 6.04 Å². The van der Waals surface area contributed by atoms with E-state index in [0.717, 1.165) is 16.7 Å². The predicted molar refractivity (Wildman–Crippen MR) is 100 cm³/mol. The van der Waals surface area contributed by atoms with Crippen molar-refractivity contribution in [1.82, 2.24) is 10.2 Å². The fourth-order valence-electron chi connectivity index (χ4n) is 2.67. The van der Waals surface area contributed by atoms with Gasteiger partial charge in [-0.25, -0.2) is 0 Å². The Labute approximate surface area is 153 Å². The number of carbonyl (C=O) groups excluding carboxylic acids is 2. The van der Waals surface area contributed by atoms with Crippen LogP contribution in [-0.2, 0) is 22.6 Å². The average molecular weight is 359 g/mol. The first-order chi connectivity index (χ1) is 11.9. The zero-order chi connectivity index (χ0) is 18.4. The molecule has 1 unspecified atom stereocenters. The molecule has 2 aromatic carbocycles. The third-order valence-electron chi connectivity index (χ3n) is 4.32. The topological polar surface area (TPSA) is 49.4 Å². The first-order valence-electron chi connectivity index (χ1n) is 8.23. The standard InChI is InChI=1S/C20H23ClN2O2/c1-14-8-4-5-10-17(14)13-23(15(2)20(25)22-3)19(24)12-16-9-6-7-11-18(16)21/h4-11,15H,12-13H2,1-3H3,(H,22,25). The number of amides is 2. The van der Waals surface area contributed by atoms with Gasteiger partial charge in [0.15, 0.2) is 0 Å². The van der Waals surface area contributed by atoms with Crippen molar-refractivity contribution in [2.24, 2.45) is 0 Å². The minimum Gasteiger partial charge on any atom is -0.357 e. The normalized spacial score (nSPS) is 11.7. The summed E-state index contributed by atoms with van der Waals surface area (Å²) in [4.78, 5) is 26.7. The van der Waals surface area contributed by atoms with Gasteiger partial charge in [-0.05, 0) is 36.6 Å². The molecule has 0 heterocycles. The second kappa shape index (κ2) is 8.67. The van der Waals surface area contributed by atoms with Crippen molar-refractivity contribution in [2.75, 3.05) is 7.05 Å². The highest BCUT2D eigenvalue weighted by Crippen LogP contribution is 2.19. The van der Waals surface area contributed by atoms with E-state index >= 15 is 0 Å². The maximum Gasteiger partial charge on any atom is 0.242 e. The number of likely N-dealkylation sites (N-methyl/N-ethyl adjacent to an activating group) is 1. The van der Waals surface area contributed by atoms with Crippen LogP contribution in [-0.4, -0.2) is 29.8 Å². The number of rotatable bonds is 6. The van der Waals surface area contributed by atoms with E-state index in [9.17, 15) is 9.59 Å². The van der Waals surface area contributed by atoms with Crippen LogP contribution in [0.5, 0.6) is 0 Å². The van der Waals surface area contributed by atoms with Crippen molar-refractivity contribution in [3.05, 3.63) is 70.2 Å². The fourth-order valence-corrected chi connectivity index (χ4v) is 2.87. The van der Waals surface area contributed by atoms with E-state index in [1.54, 1.807) is 24.9 Å². The molecule has 0 saturated carbocycles. The number of aryl methyl sites for hydroxylation is 1. The summed E-state index contributed by atoms with van der Waals surface area (Å²) in [6, 6.07) is 14.6. The second-order valence-corrected chi connectivity index (χ2v) is 6.41. The van der Waals surface area contributed by atoms with Gasteiger partial charge >= 0.3 is 0 Å². The summed E-state index contributed by atoms with van der Waals surface area (Å²) in [6.45, 7) is 4.11. The van der Waals surface area contributed by atoms with E-state index in [0.29, 0.717) is 11.6 Å². The van der Waals surface area contributed by atoms with Crippen LogP contribution in [0.3, 0.4) is 0 Å². The van der Waals surface area contributed by atoms with Crippen molar-refractivity contribution < 1.29 is 9.59 Å². The molecule has 0 saturated heterocycles. The summed E-state index contributed by atoms with van der Waals surface area (Å²) in [7, 11) is 1.57. The monoisotopic (exact) mass is 358 g/mol. The van der Waals surface area contributed by atoms with E-state index in [1.165, 1.54) is 0 Å². The maximum atomic E-state index is 12.9. The number of carbonyl (C=O) groups is 2. The molecule has 0 aliphatic heterocycles. The molecule has 0 aliphatic carbocycles. The Kier molecular flexibility index (Phi) is 6.59. The highest BCUT2D eigenvalue weighted by atomic mass is 35.5. The fraction of sp³-hybridized carbons (Fsp3) is 0.300. The van der Waals surface area contributed by atoms with Gasteiger partial charge in [-0.3, -0.25) is 9.59 Å². The van der Waals surface area contributed by atoms with Gasteiger partial charge in [-0.1, -0.05) is 54.1 Å². The maximum absolute atomic E-state index is 12.9. The molecule has 132 valence electrons.